The van der Waals surface area contributed by atoms with Crippen LogP contribution >= 0.6 is 11.3 Å². The van der Waals surface area contributed by atoms with E-state index in [1.165, 1.54) is 11.3 Å². The second-order valence-corrected chi connectivity index (χ2v) is 6.58. The van der Waals surface area contributed by atoms with Gasteiger partial charge in [0.2, 0.25) is 0 Å². The lowest BCUT2D eigenvalue weighted by Crippen LogP contribution is -2.19. The van der Waals surface area contributed by atoms with Gasteiger partial charge in [-0.25, -0.2) is 9.78 Å². The molecule has 0 atom stereocenters. The molecule has 0 aliphatic carbocycles. The number of hydrogen-bond donors (Lipinski definition) is 2. The summed E-state index contributed by atoms with van der Waals surface area (Å²) in [4.78, 5) is 16.6. The van der Waals surface area contributed by atoms with Crippen LogP contribution in [0.4, 0.5) is 15.6 Å². The van der Waals surface area contributed by atoms with Gasteiger partial charge in [-0.1, -0.05) is 18.2 Å². The van der Waals surface area contributed by atoms with Crippen molar-refractivity contribution in [2.75, 3.05) is 17.7 Å². The average Bonchev–Trinajstić information content (AvgIpc) is 3.02. The van der Waals surface area contributed by atoms with Gasteiger partial charge in [0.05, 0.1) is 12.8 Å². The maximum absolute atomic E-state index is 12.2. The van der Waals surface area contributed by atoms with Crippen LogP contribution < -0.4 is 15.4 Å². The Labute approximate surface area is 150 Å². The van der Waals surface area contributed by atoms with Crippen LogP contribution in [0, 0.1) is 13.8 Å². The van der Waals surface area contributed by atoms with E-state index in [-0.39, 0.29) is 6.03 Å². The van der Waals surface area contributed by atoms with Gasteiger partial charge in [-0.2, -0.15) is 0 Å². The van der Waals surface area contributed by atoms with Crippen molar-refractivity contribution in [3.63, 3.8) is 0 Å². The summed E-state index contributed by atoms with van der Waals surface area (Å²) in [5.74, 6) is 0.771. The first-order valence-electron chi connectivity index (χ1n) is 7.80. The number of urea groups is 1. The Bertz CT molecular complexity index is 885. The maximum atomic E-state index is 12.2. The third kappa shape index (κ3) is 4.36. The van der Waals surface area contributed by atoms with Crippen LogP contribution in [-0.4, -0.2) is 18.1 Å². The molecule has 3 rings (SSSR count). The summed E-state index contributed by atoms with van der Waals surface area (Å²) >= 11 is 1.38. The molecule has 0 saturated heterocycles. The van der Waals surface area contributed by atoms with Crippen molar-refractivity contribution in [2.24, 2.45) is 0 Å². The van der Waals surface area contributed by atoms with Crippen LogP contribution in [0.5, 0.6) is 5.75 Å². The Morgan fingerprint density at radius 2 is 1.84 bits per heavy atom. The van der Waals surface area contributed by atoms with Gasteiger partial charge in [0.15, 0.2) is 5.13 Å². The number of nitrogens with zero attached hydrogens (tertiary/aromatic N) is 1. The quantitative estimate of drug-likeness (QED) is 0.687. The van der Waals surface area contributed by atoms with Gasteiger partial charge in [0.1, 0.15) is 5.75 Å². The van der Waals surface area contributed by atoms with Crippen molar-refractivity contribution in [3.8, 4) is 17.0 Å². The number of rotatable bonds is 4. The van der Waals surface area contributed by atoms with E-state index in [1.807, 2.05) is 55.6 Å². The van der Waals surface area contributed by atoms with Crippen molar-refractivity contribution < 1.29 is 9.53 Å². The first-order chi connectivity index (χ1) is 12.0. The van der Waals surface area contributed by atoms with Crippen molar-refractivity contribution in [2.45, 2.75) is 13.8 Å². The van der Waals surface area contributed by atoms with E-state index in [0.717, 1.165) is 33.8 Å². The van der Waals surface area contributed by atoms with Gasteiger partial charge in [0, 0.05) is 16.6 Å². The highest BCUT2D eigenvalue weighted by atomic mass is 32.1. The molecule has 0 aliphatic heterocycles. The minimum atomic E-state index is -0.309. The van der Waals surface area contributed by atoms with Gasteiger partial charge in [-0.15, -0.1) is 11.3 Å². The minimum Gasteiger partial charge on any atom is -0.497 e. The molecule has 6 heteroatoms. The van der Waals surface area contributed by atoms with Crippen LogP contribution in [0.15, 0.2) is 47.8 Å². The number of hydrogen-bond acceptors (Lipinski definition) is 4. The summed E-state index contributed by atoms with van der Waals surface area (Å²) in [5, 5.41) is 8.06. The smallest absolute Gasteiger partial charge is 0.325 e. The van der Waals surface area contributed by atoms with E-state index >= 15 is 0 Å². The molecule has 0 bridgehead atoms. The summed E-state index contributed by atoms with van der Waals surface area (Å²) in [5.41, 5.74) is 4.71. The standard InChI is InChI=1S/C19H19N3O2S/c1-12-7-13(2)9-15(8-12)20-18(23)22-19-21-17(11-25-19)14-5-4-6-16(10-14)24-3/h4-11H,1-3H3,(H2,20,21,22,23). The monoisotopic (exact) mass is 353 g/mol. The van der Waals surface area contributed by atoms with Crippen LogP contribution in [0.1, 0.15) is 11.1 Å². The summed E-state index contributed by atoms with van der Waals surface area (Å²) < 4.78 is 5.23. The molecule has 0 spiro atoms. The van der Waals surface area contributed by atoms with Crippen molar-refractivity contribution >= 4 is 28.2 Å². The molecule has 2 aromatic carbocycles. The fourth-order valence-corrected chi connectivity index (χ4v) is 3.27. The van der Waals surface area contributed by atoms with Gasteiger partial charge in [0.25, 0.3) is 0 Å². The number of benzene rings is 2. The Balaban J connectivity index is 1.69. The summed E-state index contributed by atoms with van der Waals surface area (Å²) in [6.07, 6.45) is 0. The zero-order valence-electron chi connectivity index (χ0n) is 14.3. The lowest BCUT2D eigenvalue weighted by atomic mass is 10.1. The molecule has 0 aliphatic rings. The minimum absolute atomic E-state index is 0.309. The molecule has 128 valence electrons. The zero-order valence-corrected chi connectivity index (χ0v) is 15.1. The van der Waals surface area contributed by atoms with Gasteiger partial charge in [-0.3, -0.25) is 5.32 Å². The highest BCUT2D eigenvalue weighted by Gasteiger charge is 2.09. The predicted molar refractivity (Wildman–Crippen MR) is 103 cm³/mol. The largest absolute Gasteiger partial charge is 0.497 e. The molecule has 5 nitrogen and oxygen atoms in total. The van der Waals surface area contributed by atoms with Crippen molar-refractivity contribution in [3.05, 3.63) is 59.0 Å². The van der Waals surface area contributed by atoms with Crippen LogP contribution in [0.2, 0.25) is 0 Å². The Morgan fingerprint density at radius 1 is 1.08 bits per heavy atom. The lowest BCUT2D eigenvalue weighted by molar-refractivity contribution is 0.262. The molecule has 25 heavy (non-hydrogen) atoms. The number of ether oxygens (including phenoxy) is 1. The maximum Gasteiger partial charge on any atom is 0.325 e. The Kier molecular flexibility index (Phi) is 5.00. The second kappa shape index (κ2) is 7.36. The fraction of sp³-hybridized carbons (Fsp3) is 0.158. The highest BCUT2D eigenvalue weighted by Crippen LogP contribution is 2.27. The summed E-state index contributed by atoms with van der Waals surface area (Å²) in [6, 6.07) is 13.3. The van der Waals surface area contributed by atoms with E-state index in [4.69, 9.17) is 4.74 Å². The van der Waals surface area contributed by atoms with Crippen molar-refractivity contribution in [1.82, 2.24) is 4.98 Å². The third-order valence-corrected chi connectivity index (χ3v) is 4.33. The normalized spacial score (nSPS) is 10.4. The van der Waals surface area contributed by atoms with E-state index in [9.17, 15) is 4.79 Å². The number of anilines is 2. The first-order valence-corrected chi connectivity index (χ1v) is 8.68. The van der Waals surface area contributed by atoms with E-state index in [1.54, 1.807) is 7.11 Å². The van der Waals surface area contributed by atoms with Gasteiger partial charge >= 0.3 is 6.03 Å². The van der Waals surface area contributed by atoms with E-state index in [2.05, 4.69) is 21.7 Å². The molecular weight excluding hydrogens is 334 g/mol. The number of thiazole rings is 1. The molecule has 2 amide bonds. The van der Waals surface area contributed by atoms with E-state index < -0.39 is 0 Å². The number of aryl methyl sites for hydroxylation is 2. The molecular formula is C19H19N3O2S. The van der Waals surface area contributed by atoms with Gasteiger partial charge in [-0.05, 0) is 49.2 Å². The van der Waals surface area contributed by atoms with Gasteiger partial charge < -0.3 is 10.1 Å². The van der Waals surface area contributed by atoms with Crippen LogP contribution in [0.3, 0.4) is 0 Å². The Morgan fingerprint density at radius 3 is 2.56 bits per heavy atom. The molecule has 1 aromatic heterocycles. The molecule has 0 fully saturated rings. The fourth-order valence-electron chi connectivity index (χ4n) is 2.55. The zero-order chi connectivity index (χ0) is 17.8. The average molecular weight is 353 g/mol. The molecule has 0 saturated carbocycles. The molecule has 0 radical (unpaired) electrons. The number of carbonyl (C=O) groups excluding carboxylic acids is 1. The second-order valence-electron chi connectivity index (χ2n) is 5.73. The highest BCUT2D eigenvalue weighted by molar-refractivity contribution is 7.14. The Hall–Kier alpha value is -2.86. The lowest BCUT2D eigenvalue weighted by Gasteiger charge is -2.07. The van der Waals surface area contributed by atoms with E-state index in [0.29, 0.717) is 5.13 Å². The number of carbonyl (C=O) groups is 1. The first kappa shape index (κ1) is 17.0. The third-order valence-electron chi connectivity index (χ3n) is 3.57. The number of nitrogens with one attached hydrogen (secondary N) is 2. The van der Waals surface area contributed by atoms with Crippen molar-refractivity contribution in [1.29, 1.82) is 0 Å². The molecule has 2 N–H and O–H groups in total. The number of methoxy groups -OCH3 is 1. The summed E-state index contributed by atoms with van der Waals surface area (Å²) in [6.45, 7) is 3.99. The molecule has 3 aromatic rings. The number of amides is 2. The summed E-state index contributed by atoms with van der Waals surface area (Å²) in [7, 11) is 1.63. The van der Waals surface area contributed by atoms with Crippen LogP contribution in [-0.2, 0) is 0 Å². The predicted octanol–water partition coefficient (Wildman–Crippen LogP) is 5.08. The van der Waals surface area contributed by atoms with Crippen LogP contribution in [0.25, 0.3) is 11.3 Å². The molecule has 1 heterocycles. The molecule has 0 unspecified atom stereocenters. The SMILES string of the molecule is COc1cccc(-c2csc(NC(=O)Nc3cc(C)cc(C)c3)n2)c1. The number of aromatic nitrogens is 1. The topological polar surface area (TPSA) is 63.2 Å².